The number of nitrogens with one attached hydrogen (secondary N) is 4. The normalized spacial score (nSPS) is 13.7. The maximum absolute atomic E-state index is 13.9. The fourth-order valence-electron chi connectivity index (χ4n) is 5.84. The Morgan fingerprint density at radius 1 is 0.836 bits per heavy atom. The number of benzene rings is 2. The lowest BCUT2D eigenvalue weighted by Gasteiger charge is -2.29. The van der Waals surface area contributed by atoms with Gasteiger partial charge in [0.2, 0.25) is 23.6 Å². The Bertz CT molecular complexity index is 1770. The number of aryl methyl sites for hydroxylation is 1. The SMILES string of the molecule is CC[C@H](C)[C@H](NC(=O)[C@H](CC(C)C)NC(=O)[C@H](CCCN=C(N)N)NC(=O)c1cc(C)n(-c2ccc(OC)cc2)n1)C(=O)N[C@@H](Cc1ccccc1)C(N)=O. The molecule has 0 fully saturated rings. The summed E-state index contributed by atoms with van der Waals surface area (Å²) < 4.78 is 6.83. The molecule has 0 aliphatic carbocycles. The Morgan fingerprint density at radius 2 is 1.47 bits per heavy atom. The number of carbonyl (C=O) groups is 5. The molecule has 3 aromatic rings. The minimum Gasteiger partial charge on any atom is -0.497 e. The molecule has 0 saturated carbocycles. The molecule has 16 heteroatoms. The molecule has 0 radical (unpaired) electrons. The zero-order valence-corrected chi connectivity index (χ0v) is 32.5. The van der Waals surface area contributed by atoms with Crippen LogP contribution in [0.2, 0.25) is 0 Å². The van der Waals surface area contributed by atoms with E-state index in [0.717, 1.165) is 5.56 Å². The van der Waals surface area contributed by atoms with Crippen LogP contribution in [0.25, 0.3) is 5.69 Å². The summed E-state index contributed by atoms with van der Waals surface area (Å²) in [5.41, 5.74) is 18.9. The molecule has 3 rings (SSSR count). The van der Waals surface area contributed by atoms with Gasteiger partial charge in [0.25, 0.3) is 5.91 Å². The minimum atomic E-state index is -1.10. The molecule has 16 nitrogen and oxygen atoms in total. The van der Waals surface area contributed by atoms with Crippen molar-refractivity contribution < 1.29 is 28.7 Å². The molecule has 2 aromatic carbocycles. The van der Waals surface area contributed by atoms with E-state index in [0.29, 0.717) is 30.0 Å². The van der Waals surface area contributed by atoms with E-state index in [-0.39, 0.29) is 49.3 Å². The van der Waals surface area contributed by atoms with E-state index in [1.54, 1.807) is 56.0 Å². The number of rotatable bonds is 21. The van der Waals surface area contributed by atoms with E-state index in [1.807, 2.05) is 51.1 Å². The van der Waals surface area contributed by atoms with Crippen molar-refractivity contribution in [2.24, 2.45) is 34.0 Å². The summed E-state index contributed by atoms with van der Waals surface area (Å²) in [5.74, 6) is -2.94. The summed E-state index contributed by atoms with van der Waals surface area (Å²) in [5, 5.41) is 15.6. The van der Waals surface area contributed by atoms with Gasteiger partial charge in [0.1, 0.15) is 29.9 Å². The van der Waals surface area contributed by atoms with Gasteiger partial charge in [-0.25, -0.2) is 4.68 Å². The van der Waals surface area contributed by atoms with Crippen LogP contribution in [0.3, 0.4) is 0 Å². The van der Waals surface area contributed by atoms with Crippen LogP contribution in [0, 0.1) is 18.8 Å². The fourth-order valence-corrected chi connectivity index (χ4v) is 5.84. The van der Waals surface area contributed by atoms with Crippen LogP contribution in [0.4, 0.5) is 0 Å². The zero-order valence-electron chi connectivity index (χ0n) is 32.5. The molecule has 1 aromatic heterocycles. The largest absolute Gasteiger partial charge is 0.497 e. The molecule has 298 valence electrons. The Morgan fingerprint density at radius 3 is 2.05 bits per heavy atom. The molecule has 10 N–H and O–H groups in total. The predicted molar refractivity (Wildman–Crippen MR) is 210 cm³/mol. The smallest absolute Gasteiger partial charge is 0.272 e. The van der Waals surface area contributed by atoms with Crippen molar-refractivity contribution in [3.63, 3.8) is 0 Å². The van der Waals surface area contributed by atoms with Crippen LogP contribution in [0.15, 0.2) is 65.7 Å². The van der Waals surface area contributed by atoms with Crippen molar-refractivity contribution in [2.45, 2.75) is 90.9 Å². The molecular formula is C39H56N10O6. The number of hydrogen-bond donors (Lipinski definition) is 7. The van der Waals surface area contributed by atoms with Crippen LogP contribution in [0.1, 0.15) is 75.1 Å². The second-order valence-electron chi connectivity index (χ2n) is 14.0. The number of aromatic nitrogens is 2. The van der Waals surface area contributed by atoms with Crippen molar-refractivity contribution in [1.82, 2.24) is 31.0 Å². The van der Waals surface area contributed by atoms with Gasteiger partial charge in [-0.05, 0) is 73.9 Å². The number of nitrogens with two attached hydrogens (primary N) is 3. The first-order valence-corrected chi connectivity index (χ1v) is 18.4. The lowest BCUT2D eigenvalue weighted by Crippen LogP contribution is -2.59. The van der Waals surface area contributed by atoms with Crippen LogP contribution < -0.4 is 43.2 Å². The average molecular weight is 761 g/mol. The van der Waals surface area contributed by atoms with Crippen LogP contribution in [0.5, 0.6) is 5.75 Å². The summed E-state index contributed by atoms with van der Waals surface area (Å²) in [7, 11) is 1.57. The summed E-state index contributed by atoms with van der Waals surface area (Å²) >= 11 is 0. The van der Waals surface area contributed by atoms with Crippen molar-refractivity contribution >= 4 is 35.5 Å². The van der Waals surface area contributed by atoms with Gasteiger partial charge >= 0.3 is 0 Å². The molecular weight excluding hydrogens is 704 g/mol. The van der Waals surface area contributed by atoms with Crippen molar-refractivity contribution in [3.05, 3.63) is 77.6 Å². The van der Waals surface area contributed by atoms with Crippen LogP contribution >= 0.6 is 0 Å². The van der Waals surface area contributed by atoms with E-state index >= 15 is 0 Å². The highest BCUT2D eigenvalue weighted by Gasteiger charge is 2.33. The number of nitrogens with zero attached hydrogens (tertiary/aromatic N) is 3. The highest BCUT2D eigenvalue weighted by molar-refractivity contribution is 5.98. The second-order valence-corrected chi connectivity index (χ2v) is 14.0. The number of guanidine groups is 1. The van der Waals surface area contributed by atoms with E-state index in [4.69, 9.17) is 21.9 Å². The first-order chi connectivity index (χ1) is 26.1. The van der Waals surface area contributed by atoms with Gasteiger partial charge in [-0.3, -0.25) is 29.0 Å². The summed E-state index contributed by atoms with van der Waals surface area (Å²) in [4.78, 5) is 71.4. The number of ether oxygens (including phenoxy) is 1. The van der Waals surface area contributed by atoms with E-state index in [2.05, 4.69) is 31.4 Å². The van der Waals surface area contributed by atoms with Gasteiger partial charge in [-0.15, -0.1) is 0 Å². The fraction of sp³-hybridized carbons (Fsp3) is 0.462. The zero-order chi connectivity index (χ0) is 40.7. The van der Waals surface area contributed by atoms with E-state index in [9.17, 15) is 24.0 Å². The molecule has 0 saturated heterocycles. The Labute approximate surface area is 322 Å². The first kappa shape index (κ1) is 43.5. The third kappa shape index (κ3) is 13.5. The minimum absolute atomic E-state index is 0.0446. The lowest BCUT2D eigenvalue weighted by molar-refractivity contribution is -0.134. The molecule has 5 amide bonds. The van der Waals surface area contributed by atoms with Gasteiger partial charge < -0.3 is 43.2 Å². The first-order valence-electron chi connectivity index (χ1n) is 18.4. The molecule has 0 spiro atoms. The van der Waals surface area contributed by atoms with Gasteiger partial charge in [0.15, 0.2) is 11.7 Å². The number of amides is 5. The van der Waals surface area contributed by atoms with Crippen LogP contribution in [-0.4, -0.2) is 83.1 Å². The van der Waals surface area contributed by atoms with Gasteiger partial charge in [-0.2, -0.15) is 5.10 Å². The highest BCUT2D eigenvalue weighted by Crippen LogP contribution is 2.18. The maximum atomic E-state index is 13.9. The molecule has 5 atom stereocenters. The van der Waals surface area contributed by atoms with Crippen molar-refractivity contribution in [3.8, 4) is 11.4 Å². The Kier molecular flexibility index (Phi) is 16.7. The standard InChI is InChI=1S/C39H56N10O6/c1-7-24(4)33(38(54)45-30(34(40)50)22-26-12-9-8-10-13-26)47-36(52)31(20-23(2)3)46-35(51)29(14-11-19-43-39(41)42)44-37(53)32-21-25(5)49(48-32)27-15-17-28(55-6)18-16-27/h8-10,12-13,15-18,21,23-24,29-31,33H,7,11,14,19-20,22H2,1-6H3,(H2,40,50)(H,44,53)(H,45,54)(H,46,51)(H,47,52)(H4,41,42,43)/t24-,29-,30-,31-,33-/m0/s1. The van der Waals surface area contributed by atoms with Gasteiger partial charge in [-0.1, -0.05) is 64.4 Å². The maximum Gasteiger partial charge on any atom is 0.272 e. The third-order valence-corrected chi connectivity index (χ3v) is 9.08. The topological polar surface area (TPSA) is 251 Å². The Hall–Kier alpha value is -5.93. The lowest BCUT2D eigenvalue weighted by atomic mass is 9.95. The highest BCUT2D eigenvalue weighted by atomic mass is 16.5. The second kappa shape index (κ2) is 21.1. The quantitative estimate of drug-likeness (QED) is 0.0473. The van der Waals surface area contributed by atoms with Crippen LogP contribution in [-0.2, 0) is 25.6 Å². The number of primary amides is 1. The number of methoxy groups -OCH3 is 1. The van der Waals surface area contributed by atoms with Crippen molar-refractivity contribution in [1.29, 1.82) is 0 Å². The number of aliphatic imine (C=N–C) groups is 1. The summed E-state index contributed by atoms with van der Waals surface area (Å²) in [6, 6.07) is 13.7. The van der Waals surface area contributed by atoms with E-state index in [1.165, 1.54) is 0 Å². The molecule has 0 bridgehead atoms. The predicted octanol–water partition coefficient (Wildman–Crippen LogP) is 1.62. The number of carbonyl (C=O) groups excluding carboxylic acids is 5. The molecule has 0 unspecified atom stereocenters. The average Bonchev–Trinajstić information content (AvgIpc) is 3.55. The van der Waals surface area contributed by atoms with Gasteiger partial charge in [0.05, 0.1) is 12.8 Å². The third-order valence-electron chi connectivity index (χ3n) is 9.08. The van der Waals surface area contributed by atoms with Crippen molar-refractivity contribution in [2.75, 3.05) is 13.7 Å². The van der Waals surface area contributed by atoms with E-state index < -0.39 is 53.7 Å². The summed E-state index contributed by atoms with van der Waals surface area (Å²) in [6.45, 7) is 9.46. The molecule has 0 aliphatic rings. The molecule has 1 heterocycles. The molecule has 0 aliphatic heterocycles. The number of hydrogen-bond acceptors (Lipinski definition) is 8. The molecule has 55 heavy (non-hydrogen) atoms. The monoisotopic (exact) mass is 760 g/mol. The Balaban J connectivity index is 1.82. The van der Waals surface area contributed by atoms with Gasteiger partial charge in [0, 0.05) is 18.7 Å². The summed E-state index contributed by atoms with van der Waals surface area (Å²) in [6.07, 6.45) is 1.39.